The highest BCUT2D eigenvalue weighted by atomic mass is 35.5. The van der Waals surface area contributed by atoms with Gasteiger partial charge in [0.1, 0.15) is 17.7 Å². The molecule has 0 aromatic heterocycles. The monoisotopic (exact) mass is 809 g/mol. The molecule has 0 fully saturated rings. The first-order chi connectivity index (χ1) is 25.5. The van der Waals surface area contributed by atoms with Crippen LogP contribution in [0.4, 0.5) is 18.0 Å². The number of hydrogen-bond acceptors (Lipinski definition) is 6. The van der Waals surface area contributed by atoms with Crippen LogP contribution >= 0.6 is 23.2 Å². The summed E-state index contributed by atoms with van der Waals surface area (Å²) in [5.74, 6) is -6.25. The van der Waals surface area contributed by atoms with E-state index in [2.05, 4.69) is 16.0 Å². The first-order valence-corrected chi connectivity index (χ1v) is 18.2. The average molecular weight is 811 g/mol. The number of aryl methyl sites for hydroxylation is 1. The van der Waals surface area contributed by atoms with Crippen LogP contribution in [-0.4, -0.2) is 64.7 Å². The number of carbonyl (C=O) groups is 5. The molecule has 4 N–H and O–H groups in total. The fourth-order valence-electron chi connectivity index (χ4n) is 5.30. The van der Waals surface area contributed by atoms with E-state index in [9.17, 15) is 42.3 Å². The van der Waals surface area contributed by atoms with Crippen molar-refractivity contribution in [1.82, 2.24) is 16.0 Å². The summed E-state index contributed by atoms with van der Waals surface area (Å²) in [5, 5.41) is 17.3. The van der Waals surface area contributed by atoms with Gasteiger partial charge in [-0.15, -0.1) is 0 Å². The first kappa shape index (κ1) is 46.5. The van der Waals surface area contributed by atoms with E-state index >= 15 is 0 Å². The number of ether oxygens (including phenoxy) is 1. The molecule has 0 aliphatic carbocycles. The number of hydrogen-bond donors (Lipinski definition) is 4. The minimum absolute atomic E-state index is 0.00165. The molecule has 0 bridgehead atoms. The van der Waals surface area contributed by atoms with E-state index in [0.717, 1.165) is 11.1 Å². The smallest absolute Gasteiger partial charge is 0.452 e. The minimum atomic E-state index is -5.11. The lowest BCUT2D eigenvalue weighted by Crippen LogP contribution is -2.56. The largest absolute Gasteiger partial charge is 0.480 e. The van der Waals surface area contributed by atoms with Gasteiger partial charge in [0, 0.05) is 18.3 Å². The maximum absolute atomic E-state index is 13.1. The van der Waals surface area contributed by atoms with Gasteiger partial charge in [-0.3, -0.25) is 14.4 Å². The summed E-state index contributed by atoms with van der Waals surface area (Å²) in [6.07, 6.45) is -5.53. The Labute approximate surface area is 329 Å². The van der Waals surface area contributed by atoms with Crippen molar-refractivity contribution in [1.29, 1.82) is 0 Å². The number of benzene rings is 3. The number of carbonyl (C=O) groups excluding carboxylic acids is 4. The number of halogens is 5. The molecule has 0 saturated carbocycles. The SMILES string of the molecule is CC(C)[C@H](NC(=O)[C@@H](NC(=O)CCc1ccc(Cl)c(Cl)c1)[C@@H](C)c1ccccc1)C(=O)C(F)(F)F.C[C@@H](c1ccccc1)[C@H](NC(=O)OC(C)(C)C)C(=O)O. The number of amides is 3. The molecular weight excluding hydrogens is 762 g/mol. The van der Waals surface area contributed by atoms with Crippen LogP contribution in [-0.2, 0) is 30.3 Å². The van der Waals surface area contributed by atoms with E-state index in [-0.39, 0.29) is 12.3 Å². The zero-order valence-electron chi connectivity index (χ0n) is 31.7. The number of alkyl carbamates (subject to hydrolysis) is 1. The first-order valence-electron chi connectivity index (χ1n) is 17.5. The lowest BCUT2D eigenvalue weighted by Gasteiger charge is -2.29. The summed E-state index contributed by atoms with van der Waals surface area (Å²) in [6, 6.07) is 18.9. The second-order valence-corrected chi connectivity index (χ2v) is 15.1. The molecule has 3 amide bonds. The van der Waals surface area contributed by atoms with Crippen LogP contribution in [0.15, 0.2) is 78.9 Å². The molecule has 0 saturated heterocycles. The highest BCUT2D eigenvalue weighted by Crippen LogP contribution is 2.25. The Hall–Kier alpha value is -4.62. The second kappa shape index (κ2) is 20.9. The summed E-state index contributed by atoms with van der Waals surface area (Å²) in [5.41, 5.74) is 1.63. The summed E-state index contributed by atoms with van der Waals surface area (Å²) < 4.78 is 44.3. The maximum atomic E-state index is 13.1. The number of aliphatic carboxylic acids is 1. The Balaban J connectivity index is 0.000000443. The van der Waals surface area contributed by atoms with Crippen LogP contribution in [0, 0.1) is 5.92 Å². The van der Waals surface area contributed by atoms with Gasteiger partial charge in [0.15, 0.2) is 0 Å². The Morgan fingerprint density at radius 1 is 0.709 bits per heavy atom. The third-order valence-corrected chi connectivity index (χ3v) is 9.08. The quantitative estimate of drug-likeness (QED) is 0.128. The molecule has 0 heterocycles. The van der Waals surface area contributed by atoms with Crippen LogP contribution in [0.5, 0.6) is 0 Å². The van der Waals surface area contributed by atoms with Crippen molar-refractivity contribution in [2.75, 3.05) is 0 Å². The molecule has 3 aromatic rings. The molecular formula is C40H48Cl2F3N3O7. The van der Waals surface area contributed by atoms with Crippen molar-refractivity contribution in [3.8, 4) is 0 Å². The zero-order chi connectivity index (χ0) is 41.7. The van der Waals surface area contributed by atoms with Gasteiger partial charge in [0.2, 0.25) is 11.8 Å². The number of alkyl halides is 3. The zero-order valence-corrected chi connectivity index (χ0v) is 33.2. The summed E-state index contributed by atoms with van der Waals surface area (Å²) in [4.78, 5) is 60.8. The van der Waals surface area contributed by atoms with Crippen molar-refractivity contribution in [3.63, 3.8) is 0 Å². The third-order valence-electron chi connectivity index (χ3n) is 8.34. The topological polar surface area (TPSA) is 151 Å². The number of Topliss-reactive ketones (excluding diaryl/α,β-unsaturated/α-hetero) is 1. The van der Waals surface area contributed by atoms with Crippen molar-refractivity contribution in [3.05, 3.63) is 106 Å². The molecule has 300 valence electrons. The van der Waals surface area contributed by atoms with Crippen LogP contribution in [0.2, 0.25) is 10.0 Å². The molecule has 0 unspecified atom stereocenters. The number of carboxylic acids is 1. The molecule has 0 spiro atoms. The van der Waals surface area contributed by atoms with Gasteiger partial charge in [-0.2, -0.15) is 13.2 Å². The van der Waals surface area contributed by atoms with E-state index in [0.29, 0.717) is 22.0 Å². The van der Waals surface area contributed by atoms with Gasteiger partial charge in [0.05, 0.1) is 16.1 Å². The van der Waals surface area contributed by atoms with Crippen molar-refractivity contribution in [2.24, 2.45) is 5.92 Å². The highest BCUT2D eigenvalue weighted by Gasteiger charge is 2.46. The maximum Gasteiger partial charge on any atom is 0.452 e. The molecule has 15 heteroatoms. The van der Waals surface area contributed by atoms with Crippen LogP contribution in [0.25, 0.3) is 0 Å². The van der Waals surface area contributed by atoms with E-state index < -0.39 is 71.4 Å². The van der Waals surface area contributed by atoms with Crippen molar-refractivity contribution in [2.45, 2.75) is 103 Å². The summed E-state index contributed by atoms with van der Waals surface area (Å²) in [7, 11) is 0. The van der Waals surface area contributed by atoms with Crippen molar-refractivity contribution >= 4 is 52.9 Å². The van der Waals surface area contributed by atoms with Gasteiger partial charge in [-0.1, -0.05) is 118 Å². The average Bonchev–Trinajstić information content (AvgIpc) is 3.11. The molecule has 10 nitrogen and oxygen atoms in total. The van der Waals surface area contributed by atoms with Gasteiger partial charge in [-0.05, 0) is 61.9 Å². The van der Waals surface area contributed by atoms with Crippen molar-refractivity contribution < 1.29 is 47.0 Å². The van der Waals surface area contributed by atoms with E-state index in [1.54, 1.807) is 83.1 Å². The number of carboxylic acid groups (broad SMARTS) is 1. The number of rotatable bonds is 14. The van der Waals surface area contributed by atoms with E-state index in [4.69, 9.17) is 27.9 Å². The fraction of sp³-hybridized carbons (Fsp3) is 0.425. The van der Waals surface area contributed by atoms with Gasteiger partial charge in [-0.25, -0.2) is 9.59 Å². The van der Waals surface area contributed by atoms with Gasteiger partial charge in [0.25, 0.3) is 5.78 Å². The Morgan fingerprint density at radius 3 is 1.65 bits per heavy atom. The summed E-state index contributed by atoms with van der Waals surface area (Å²) in [6.45, 7) is 11.4. The Bertz CT molecular complexity index is 1750. The number of nitrogens with one attached hydrogen (secondary N) is 3. The Morgan fingerprint density at radius 2 is 1.22 bits per heavy atom. The molecule has 0 radical (unpaired) electrons. The van der Waals surface area contributed by atoms with Crippen LogP contribution in [0.3, 0.4) is 0 Å². The molecule has 3 aromatic carbocycles. The standard InChI is InChI=1S/C25H27Cl2F3N2O3.C15H21NO4/c1-14(2)21(23(34)25(28,29)30)32-24(35)22(15(3)17-7-5-4-6-8-17)31-20(33)12-10-16-9-11-18(26)19(27)13-16;1-10(11-8-6-5-7-9-11)12(13(17)18)16-14(19)20-15(2,3)4/h4-9,11,13-15,21-22H,10,12H2,1-3H3,(H,31,33)(H,32,35);5-10,12H,1-4H3,(H,16,19)(H,17,18)/t15-,21-,22-;10-,12-/m00/s1. The van der Waals surface area contributed by atoms with E-state index in [1.807, 2.05) is 30.3 Å². The summed E-state index contributed by atoms with van der Waals surface area (Å²) >= 11 is 11.9. The lowest BCUT2D eigenvalue weighted by atomic mass is 9.91. The minimum Gasteiger partial charge on any atom is -0.480 e. The predicted octanol–water partition coefficient (Wildman–Crippen LogP) is 8.25. The van der Waals surface area contributed by atoms with E-state index in [1.165, 1.54) is 13.8 Å². The van der Waals surface area contributed by atoms with Crippen LogP contribution < -0.4 is 16.0 Å². The van der Waals surface area contributed by atoms with Crippen LogP contribution in [0.1, 0.15) is 83.4 Å². The predicted molar refractivity (Wildman–Crippen MR) is 205 cm³/mol. The number of ketones is 1. The fourth-order valence-corrected chi connectivity index (χ4v) is 5.62. The van der Waals surface area contributed by atoms with Gasteiger partial charge < -0.3 is 25.8 Å². The Kier molecular flexibility index (Phi) is 17.7. The third kappa shape index (κ3) is 15.6. The molecule has 55 heavy (non-hydrogen) atoms. The molecule has 5 atom stereocenters. The normalized spacial score (nSPS) is 14.2. The molecule has 3 rings (SSSR count). The van der Waals surface area contributed by atoms with Gasteiger partial charge >= 0.3 is 18.2 Å². The lowest BCUT2D eigenvalue weighted by molar-refractivity contribution is -0.175. The molecule has 0 aliphatic rings. The highest BCUT2D eigenvalue weighted by molar-refractivity contribution is 6.42. The second-order valence-electron chi connectivity index (χ2n) is 14.2. The molecule has 0 aliphatic heterocycles.